The Kier molecular flexibility index (Phi) is 5.61. The molecule has 19 heavy (non-hydrogen) atoms. The van der Waals surface area contributed by atoms with E-state index in [0.29, 0.717) is 20.3 Å². The number of halogens is 2. The highest BCUT2D eigenvalue weighted by Gasteiger charge is 2.20. The molecule has 0 saturated carbocycles. The van der Waals surface area contributed by atoms with Crippen molar-refractivity contribution in [3.05, 3.63) is 20.6 Å². The third kappa shape index (κ3) is 3.38. The van der Waals surface area contributed by atoms with Crippen LogP contribution in [0.5, 0.6) is 11.5 Å². The molecule has 2 N–H and O–H groups in total. The number of carbonyl (C=O) groups is 1. The van der Waals surface area contributed by atoms with Crippen LogP contribution in [0, 0.1) is 0 Å². The molecule has 1 rings (SSSR count). The van der Waals surface area contributed by atoms with E-state index in [1.54, 1.807) is 6.07 Å². The Labute approximate surface area is 126 Å². The Hall–Kier alpha value is -1.28. The number of phenols is 1. The number of hydrogen-bond donors (Lipinski definition) is 2. The first-order valence-corrected chi connectivity index (χ1v) is 6.57. The maximum absolute atomic E-state index is 11.3. The zero-order valence-corrected chi connectivity index (χ0v) is 13.3. The van der Waals surface area contributed by atoms with Crippen LogP contribution >= 0.6 is 31.9 Å². The predicted molar refractivity (Wildman–Crippen MR) is 75.0 cm³/mol. The van der Waals surface area contributed by atoms with Gasteiger partial charge in [-0.05, 0) is 37.9 Å². The van der Waals surface area contributed by atoms with Gasteiger partial charge in [0.2, 0.25) is 0 Å². The van der Waals surface area contributed by atoms with E-state index in [2.05, 4.69) is 41.8 Å². The summed E-state index contributed by atoms with van der Waals surface area (Å²) in [5.41, 5.74) is 0.152. The largest absolute Gasteiger partial charge is 0.506 e. The van der Waals surface area contributed by atoms with Crippen molar-refractivity contribution in [3.63, 3.8) is 0 Å². The number of benzene rings is 1. The summed E-state index contributed by atoms with van der Waals surface area (Å²) >= 11 is 6.46. The molecule has 0 aliphatic heterocycles. The lowest BCUT2D eigenvalue weighted by Gasteiger charge is -2.12. The highest BCUT2D eigenvalue weighted by atomic mass is 79.9. The van der Waals surface area contributed by atoms with Crippen molar-refractivity contribution in [2.45, 2.75) is 6.42 Å². The molecule has 0 aliphatic rings. The van der Waals surface area contributed by atoms with E-state index >= 15 is 0 Å². The van der Waals surface area contributed by atoms with E-state index in [1.165, 1.54) is 14.2 Å². The number of hydrogen-bond acceptors (Lipinski definition) is 6. The summed E-state index contributed by atoms with van der Waals surface area (Å²) in [6.07, 6.45) is -0.0871. The van der Waals surface area contributed by atoms with Crippen LogP contribution in [-0.2, 0) is 16.0 Å². The second-order valence-corrected chi connectivity index (χ2v) is 5.08. The molecule has 0 atom stereocenters. The van der Waals surface area contributed by atoms with E-state index in [-0.39, 0.29) is 17.9 Å². The molecule has 0 aromatic heterocycles. The van der Waals surface area contributed by atoms with Gasteiger partial charge in [-0.3, -0.25) is 0 Å². The van der Waals surface area contributed by atoms with Crippen molar-refractivity contribution in [3.8, 4) is 11.5 Å². The third-order valence-corrected chi connectivity index (χ3v) is 3.66. The van der Waals surface area contributed by atoms with Crippen molar-refractivity contribution >= 4 is 43.5 Å². The van der Waals surface area contributed by atoms with Gasteiger partial charge in [-0.15, -0.1) is 0 Å². The molecule has 0 unspecified atom stereocenters. The van der Waals surface area contributed by atoms with Gasteiger partial charge in [0, 0.05) is 12.0 Å². The first kappa shape index (κ1) is 15.8. The monoisotopic (exact) mass is 395 g/mol. The normalized spacial score (nSPS) is 11.3. The second kappa shape index (κ2) is 6.76. The van der Waals surface area contributed by atoms with E-state index in [4.69, 9.17) is 9.94 Å². The summed E-state index contributed by atoms with van der Waals surface area (Å²) in [5, 5.41) is 21.6. The highest BCUT2D eigenvalue weighted by molar-refractivity contribution is 9.11. The van der Waals surface area contributed by atoms with Gasteiger partial charge in [0.25, 0.3) is 0 Å². The van der Waals surface area contributed by atoms with Gasteiger partial charge in [-0.1, -0.05) is 5.16 Å². The first-order chi connectivity index (χ1) is 8.96. The molecule has 0 aliphatic carbocycles. The van der Waals surface area contributed by atoms with Gasteiger partial charge in [0.1, 0.15) is 10.2 Å². The van der Waals surface area contributed by atoms with Gasteiger partial charge in [0.05, 0.1) is 18.7 Å². The smallest absolute Gasteiger partial charge is 0.356 e. The minimum atomic E-state index is -0.773. The second-order valence-electron chi connectivity index (χ2n) is 3.43. The van der Waals surface area contributed by atoms with Gasteiger partial charge in [-0.25, -0.2) is 4.79 Å². The van der Waals surface area contributed by atoms with E-state index < -0.39 is 5.97 Å². The fourth-order valence-electron chi connectivity index (χ4n) is 1.41. The standard InChI is InChI=1S/C11H11Br2NO5/c1-18-10-6(12)3-5(9(15)8(10)13)4-7(14-17)11(16)19-2/h3,15,17H,4H2,1-2H3/b14-7-. The number of carbonyl (C=O) groups excluding carboxylic acids is 1. The van der Waals surface area contributed by atoms with Gasteiger partial charge < -0.3 is 19.8 Å². The Bertz CT molecular complexity index is 530. The Morgan fingerprint density at radius 2 is 2.05 bits per heavy atom. The molecular weight excluding hydrogens is 386 g/mol. The Morgan fingerprint density at radius 1 is 1.42 bits per heavy atom. The van der Waals surface area contributed by atoms with Gasteiger partial charge in [0.15, 0.2) is 11.5 Å². The van der Waals surface area contributed by atoms with Crippen LogP contribution in [0.4, 0.5) is 0 Å². The molecular formula is C11H11Br2NO5. The number of nitrogens with zero attached hydrogens (tertiary/aromatic N) is 1. The van der Waals surface area contributed by atoms with Crippen LogP contribution in [0.25, 0.3) is 0 Å². The highest BCUT2D eigenvalue weighted by Crippen LogP contribution is 2.42. The molecule has 0 saturated heterocycles. The van der Waals surface area contributed by atoms with Crippen LogP contribution in [0.15, 0.2) is 20.2 Å². The average molecular weight is 397 g/mol. The van der Waals surface area contributed by atoms with E-state index in [9.17, 15) is 9.90 Å². The van der Waals surface area contributed by atoms with Crippen LogP contribution in [0.1, 0.15) is 5.56 Å². The predicted octanol–water partition coefficient (Wildman–Crippen LogP) is 2.47. The minimum Gasteiger partial charge on any atom is -0.506 e. The fourth-order valence-corrected chi connectivity index (χ4v) is 2.94. The number of oxime groups is 1. The summed E-state index contributed by atoms with van der Waals surface area (Å²) < 4.78 is 10.5. The SMILES string of the molecule is COC(=O)/C(Cc1cc(Br)c(OC)c(Br)c1O)=N\O. The number of ether oxygens (including phenoxy) is 2. The third-order valence-electron chi connectivity index (χ3n) is 2.33. The number of esters is 1. The topological polar surface area (TPSA) is 88.4 Å². The molecule has 1 aromatic carbocycles. The summed E-state index contributed by atoms with van der Waals surface area (Å²) in [4.78, 5) is 11.3. The van der Waals surface area contributed by atoms with E-state index in [1.807, 2.05) is 0 Å². The Balaban J connectivity index is 3.20. The van der Waals surface area contributed by atoms with Crippen LogP contribution in [0.2, 0.25) is 0 Å². The lowest BCUT2D eigenvalue weighted by molar-refractivity contribution is -0.132. The summed E-state index contributed by atoms with van der Waals surface area (Å²) in [6.45, 7) is 0. The number of rotatable bonds is 4. The quantitative estimate of drug-likeness (QED) is 0.353. The zero-order valence-electron chi connectivity index (χ0n) is 10.1. The molecule has 0 heterocycles. The fraction of sp³-hybridized carbons (Fsp3) is 0.273. The maximum atomic E-state index is 11.3. The average Bonchev–Trinajstić information content (AvgIpc) is 2.41. The molecule has 104 valence electrons. The molecule has 0 radical (unpaired) electrons. The molecule has 0 amide bonds. The number of aromatic hydroxyl groups is 1. The minimum absolute atomic E-state index is 0.0871. The lowest BCUT2D eigenvalue weighted by Crippen LogP contribution is -2.18. The molecule has 0 spiro atoms. The van der Waals surface area contributed by atoms with Gasteiger partial charge >= 0.3 is 5.97 Å². The maximum Gasteiger partial charge on any atom is 0.356 e. The van der Waals surface area contributed by atoms with Crippen molar-refractivity contribution < 1.29 is 24.6 Å². The lowest BCUT2D eigenvalue weighted by atomic mass is 10.1. The van der Waals surface area contributed by atoms with Crippen molar-refractivity contribution in [2.75, 3.05) is 14.2 Å². The summed E-state index contributed by atoms with van der Waals surface area (Å²) in [7, 11) is 2.63. The van der Waals surface area contributed by atoms with Crippen molar-refractivity contribution in [1.82, 2.24) is 0 Å². The molecule has 6 nitrogen and oxygen atoms in total. The van der Waals surface area contributed by atoms with Crippen molar-refractivity contribution in [1.29, 1.82) is 0 Å². The molecule has 8 heteroatoms. The Morgan fingerprint density at radius 3 is 2.53 bits per heavy atom. The summed E-state index contributed by atoms with van der Waals surface area (Å²) in [6, 6.07) is 1.56. The van der Waals surface area contributed by atoms with Gasteiger partial charge in [-0.2, -0.15) is 0 Å². The van der Waals surface area contributed by atoms with Crippen LogP contribution in [0.3, 0.4) is 0 Å². The van der Waals surface area contributed by atoms with Crippen LogP contribution in [-0.4, -0.2) is 36.2 Å². The number of phenolic OH excluding ortho intramolecular Hbond substituents is 1. The zero-order chi connectivity index (χ0) is 14.6. The van der Waals surface area contributed by atoms with E-state index in [0.717, 1.165) is 0 Å². The molecule has 0 bridgehead atoms. The first-order valence-electron chi connectivity index (χ1n) is 4.99. The summed E-state index contributed by atoms with van der Waals surface area (Å²) in [5.74, 6) is -0.461. The van der Waals surface area contributed by atoms with Crippen LogP contribution < -0.4 is 4.74 Å². The van der Waals surface area contributed by atoms with Crippen molar-refractivity contribution in [2.24, 2.45) is 5.16 Å². The number of methoxy groups -OCH3 is 2. The molecule has 0 fully saturated rings. The molecule has 1 aromatic rings.